The van der Waals surface area contributed by atoms with Crippen LogP contribution < -0.4 is 5.32 Å². The van der Waals surface area contributed by atoms with Crippen molar-refractivity contribution in [2.75, 3.05) is 19.8 Å². The number of fused-ring (bicyclic) bond motifs is 1. The van der Waals surface area contributed by atoms with Gasteiger partial charge in [0.1, 0.15) is 0 Å². The molecule has 0 spiro atoms. The fourth-order valence-corrected chi connectivity index (χ4v) is 3.63. The lowest BCUT2D eigenvalue weighted by atomic mass is 10.1. The Morgan fingerprint density at radius 3 is 2.94 bits per heavy atom. The second kappa shape index (κ2) is 6.43. The minimum absolute atomic E-state index is 0.456. The Bertz CT molecular complexity index is 331. The van der Waals surface area contributed by atoms with E-state index in [1.54, 1.807) is 0 Å². The van der Waals surface area contributed by atoms with Gasteiger partial charge in [-0.25, -0.2) is 0 Å². The minimum atomic E-state index is 0.456. The van der Waals surface area contributed by atoms with Crippen molar-refractivity contribution in [1.82, 2.24) is 5.32 Å². The Labute approximate surface area is 108 Å². The molecule has 0 saturated carbocycles. The van der Waals surface area contributed by atoms with E-state index in [1.165, 1.54) is 10.5 Å². The van der Waals surface area contributed by atoms with E-state index in [2.05, 4.69) is 43.4 Å². The fraction of sp³-hybridized carbons (Fsp3) is 0.571. The normalized spacial score (nSPS) is 20.2. The van der Waals surface area contributed by atoms with Crippen LogP contribution in [-0.4, -0.2) is 31.1 Å². The molecule has 1 N–H and O–H groups in total. The first-order chi connectivity index (χ1) is 8.35. The maximum atomic E-state index is 5.58. The van der Waals surface area contributed by atoms with E-state index in [1.807, 2.05) is 11.8 Å². The van der Waals surface area contributed by atoms with Crippen LogP contribution in [0.25, 0.3) is 0 Å². The van der Waals surface area contributed by atoms with Crippen LogP contribution in [0.3, 0.4) is 0 Å². The second-order valence-electron chi connectivity index (χ2n) is 4.29. The van der Waals surface area contributed by atoms with Crippen molar-refractivity contribution in [3.8, 4) is 0 Å². The molecule has 3 heteroatoms. The van der Waals surface area contributed by atoms with Crippen molar-refractivity contribution in [2.45, 2.75) is 36.5 Å². The first-order valence-corrected chi connectivity index (χ1v) is 7.28. The van der Waals surface area contributed by atoms with Crippen molar-refractivity contribution >= 4 is 11.8 Å². The van der Waals surface area contributed by atoms with Crippen molar-refractivity contribution in [2.24, 2.45) is 0 Å². The van der Waals surface area contributed by atoms with Gasteiger partial charge in [0.05, 0.1) is 6.61 Å². The Morgan fingerprint density at radius 2 is 2.24 bits per heavy atom. The maximum Gasteiger partial charge on any atom is 0.0630 e. The zero-order chi connectivity index (χ0) is 12.1. The highest BCUT2D eigenvalue weighted by atomic mass is 32.2. The SMILES string of the molecule is CCNC(COCC)C1Cc2ccccc2S1. The molecule has 0 saturated heterocycles. The van der Waals surface area contributed by atoms with E-state index >= 15 is 0 Å². The molecule has 1 aliphatic rings. The minimum Gasteiger partial charge on any atom is -0.380 e. The average Bonchev–Trinajstić information content (AvgIpc) is 2.78. The number of thioether (sulfide) groups is 1. The molecule has 0 aliphatic carbocycles. The van der Waals surface area contributed by atoms with Gasteiger partial charge in [-0.1, -0.05) is 25.1 Å². The van der Waals surface area contributed by atoms with Gasteiger partial charge in [0.2, 0.25) is 0 Å². The van der Waals surface area contributed by atoms with Gasteiger partial charge < -0.3 is 10.1 Å². The van der Waals surface area contributed by atoms with Gasteiger partial charge in [-0.2, -0.15) is 0 Å². The molecule has 94 valence electrons. The number of ether oxygens (including phenoxy) is 1. The first kappa shape index (κ1) is 12.9. The van der Waals surface area contributed by atoms with Crippen LogP contribution in [0.5, 0.6) is 0 Å². The highest BCUT2D eigenvalue weighted by Gasteiger charge is 2.28. The number of nitrogens with one attached hydrogen (secondary N) is 1. The van der Waals surface area contributed by atoms with E-state index < -0.39 is 0 Å². The van der Waals surface area contributed by atoms with E-state index in [4.69, 9.17) is 4.74 Å². The summed E-state index contributed by atoms with van der Waals surface area (Å²) in [5, 5.41) is 4.16. The standard InChI is InChI=1S/C14H21NOS/c1-3-15-12(10-16-4-2)14-9-11-7-5-6-8-13(11)17-14/h5-8,12,14-15H,3-4,9-10H2,1-2H3. The van der Waals surface area contributed by atoms with Crippen LogP contribution in [0.2, 0.25) is 0 Å². The average molecular weight is 251 g/mol. The summed E-state index contributed by atoms with van der Waals surface area (Å²) in [6.45, 7) is 6.83. The topological polar surface area (TPSA) is 21.3 Å². The lowest BCUT2D eigenvalue weighted by Crippen LogP contribution is -2.41. The van der Waals surface area contributed by atoms with Gasteiger partial charge in [0, 0.05) is 22.8 Å². The number of likely N-dealkylation sites (N-methyl/N-ethyl adjacent to an activating group) is 1. The summed E-state index contributed by atoms with van der Waals surface area (Å²) in [4.78, 5) is 1.44. The zero-order valence-electron chi connectivity index (χ0n) is 10.6. The van der Waals surface area contributed by atoms with E-state index in [0.717, 1.165) is 26.2 Å². The molecule has 0 fully saturated rings. The molecule has 1 heterocycles. The molecular weight excluding hydrogens is 230 g/mol. The number of rotatable bonds is 6. The third kappa shape index (κ3) is 3.24. The number of benzene rings is 1. The second-order valence-corrected chi connectivity index (χ2v) is 5.57. The molecule has 2 rings (SSSR count). The van der Waals surface area contributed by atoms with Crippen LogP contribution in [0.1, 0.15) is 19.4 Å². The predicted octanol–water partition coefficient (Wildman–Crippen LogP) is 2.72. The summed E-state index contributed by atoms with van der Waals surface area (Å²) in [6.07, 6.45) is 1.16. The summed E-state index contributed by atoms with van der Waals surface area (Å²) in [6, 6.07) is 9.18. The Kier molecular flexibility index (Phi) is 4.89. The summed E-state index contributed by atoms with van der Waals surface area (Å²) in [7, 11) is 0. The molecule has 0 amide bonds. The molecule has 0 bridgehead atoms. The van der Waals surface area contributed by atoms with E-state index in [-0.39, 0.29) is 0 Å². The number of hydrogen-bond donors (Lipinski definition) is 1. The fourth-order valence-electron chi connectivity index (χ4n) is 2.24. The molecule has 1 aromatic carbocycles. The van der Waals surface area contributed by atoms with Crippen molar-refractivity contribution in [3.63, 3.8) is 0 Å². The third-order valence-corrected chi connectivity index (χ3v) is 4.54. The van der Waals surface area contributed by atoms with Gasteiger partial charge in [-0.15, -0.1) is 11.8 Å². The largest absolute Gasteiger partial charge is 0.380 e. The third-order valence-electron chi connectivity index (χ3n) is 3.09. The highest BCUT2D eigenvalue weighted by Crippen LogP contribution is 2.38. The van der Waals surface area contributed by atoms with Gasteiger partial charge in [-0.05, 0) is 31.5 Å². The van der Waals surface area contributed by atoms with Gasteiger partial charge in [-0.3, -0.25) is 0 Å². The molecule has 2 nitrogen and oxygen atoms in total. The van der Waals surface area contributed by atoms with Crippen molar-refractivity contribution < 1.29 is 4.74 Å². The number of hydrogen-bond acceptors (Lipinski definition) is 3. The Hall–Kier alpha value is -0.510. The molecule has 17 heavy (non-hydrogen) atoms. The van der Waals surface area contributed by atoms with Crippen molar-refractivity contribution in [1.29, 1.82) is 0 Å². The monoisotopic (exact) mass is 251 g/mol. The van der Waals surface area contributed by atoms with Crippen LogP contribution in [0.4, 0.5) is 0 Å². The predicted molar refractivity (Wildman–Crippen MR) is 73.7 cm³/mol. The molecule has 2 unspecified atom stereocenters. The van der Waals surface area contributed by atoms with Crippen LogP contribution in [-0.2, 0) is 11.2 Å². The Morgan fingerprint density at radius 1 is 1.41 bits per heavy atom. The maximum absolute atomic E-state index is 5.58. The van der Waals surface area contributed by atoms with Crippen LogP contribution >= 0.6 is 11.8 Å². The van der Waals surface area contributed by atoms with E-state index in [9.17, 15) is 0 Å². The highest BCUT2D eigenvalue weighted by molar-refractivity contribution is 8.00. The smallest absolute Gasteiger partial charge is 0.0630 e. The molecule has 0 aromatic heterocycles. The molecule has 1 aromatic rings. The first-order valence-electron chi connectivity index (χ1n) is 6.40. The van der Waals surface area contributed by atoms with Gasteiger partial charge >= 0.3 is 0 Å². The lowest BCUT2D eigenvalue weighted by molar-refractivity contribution is 0.122. The summed E-state index contributed by atoms with van der Waals surface area (Å²) in [5.41, 5.74) is 1.49. The van der Waals surface area contributed by atoms with E-state index in [0.29, 0.717) is 11.3 Å². The van der Waals surface area contributed by atoms with Crippen LogP contribution in [0.15, 0.2) is 29.2 Å². The summed E-state index contributed by atoms with van der Waals surface area (Å²) in [5.74, 6) is 0. The molecular formula is C14H21NOS. The molecule has 1 aliphatic heterocycles. The van der Waals surface area contributed by atoms with Gasteiger partial charge in [0.15, 0.2) is 0 Å². The molecule has 0 radical (unpaired) electrons. The summed E-state index contributed by atoms with van der Waals surface area (Å²) < 4.78 is 5.58. The lowest BCUT2D eigenvalue weighted by Gasteiger charge is -2.23. The zero-order valence-corrected chi connectivity index (χ0v) is 11.4. The van der Waals surface area contributed by atoms with Crippen molar-refractivity contribution in [3.05, 3.63) is 29.8 Å². The quantitative estimate of drug-likeness (QED) is 0.840. The summed E-state index contributed by atoms with van der Waals surface area (Å²) >= 11 is 1.99. The van der Waals surface area contributed by atoms with Crippen LogP contribution in [0, 0.1) is 0 Å². The van der Waals surface area contributed by atoms with Gasteiger partial charge in [0.25, 0.3) is 0 Å². The molecule has 2 atom stereocenters. The Balaban J connectivity index is 1.98.